The van der Waals surface area contributed by atoms with E-state index in [1.807, 2.05) is 0 Å². The Morgan fingerprint density at radius 2 is 1.57 bits per heavy atom. The summed E-state index contributed by atoms with van der Waals surface area (Å²) in [6.45, 7) is 0.408. The van der Waals surface area contributed by atoms with Gasteiger partial charge in [0.1, 0.15) is 11.5 Å². The molecule has 1 saturated heterocycles. The van der Waals surface area contributed by atoms with Crippen LogP contribution in [0.5, 0.6) is 11.5 Å². The summed E-state index contributed by atoms with van der Waals surface area (Å²) >= 11 is 0. The average molecular weight is 514 g/mol. The predicted octanol–water partition coefficient (Wildman–Crippen LogP) is 4.94. The van der Waals surface area contributed by atoms with E-state index in [9.17, 15) is 22.8 Å². The number of benzene rings is 2. The normalized spacial score (nSPS) is 15.6. The maximum atomic E-state index is 14.2. The van der Waals surface area contributed by atoms with Gasteiger partial charge in [0.2, 0.25) is 5.91 Å². The molecule has 2 aromatic carbocycles. The van der Waals surface area contributed by atoms with E-state index in [1.54, 1.807) is 18.2 Å². The second-order valence-corrected chi connectivity index (χ2v) is 9.18. The van der Waals surface area contributed by atoms with Crippen molar-refractivity contribution in [1.29, 1.82) is 0 Å². The standard InChI is InChI=1S/C27H26F3N3O4/c1-36-18-12-16(13-19(15-18)37-2)25-20-6-5-7-21(20)26(35)33(31-25)23-14-17(9-10-22(23)27(28,29)30)32-11-4-3-8-24(32)34/h9-10,12-15H,3-8,11H2,1-2H3. The number of ether oxygens (including phenoxy) is 2. The molecule has 0 radical (unpaired) electrons. The molecule has 1 aliphatic heterocycles. The van der Waals surface area contributed by atoms with E-state index in [0.717, 1.165) is 23.6 Å². The molecular weight excluding hydrogens is 487 g/mol. The Hall–Kier alpha value is -3.82. The van der Waals surface area contributed by atoms with Crippen LogP contribution in [0.1, 0.15) is 42.4 Å². The molecule has 1 aliphatic carbocycles. The fourth-order valence-corrected chi connectivity index (χ4v) is 5.10. The summed E-state index contributed by atoms with van der Waals surface area (Å²) in [7, 11) is 3.00. The fraction of sp³-hybridized carbons (Fsp3) is 0.370. The highest BCUT2D eigenvalue weighted by Gasteiger charge is 2.36. The van der Waals surface area contributed by atoms with Crippen LogP contribution in [0.3, 0.4) is 0 Å². The third-order valence-corrected chi connectivity index (χ3v) is 6.93. The zero-order chi connectivity index (χ0) is 26.3. The van der Waals surface area contributed by atoms with Gasteiger partial charge in [-0.1, -0.05) is 0 Å². The van der Waals surface area contributed by atoms with Gasteiger partial charge in [0.15, 0.2) is 0 Å². The van der Waals surface area contributed by atoms with E-state index in [0.29, 0.717) is 71.8 Å². The first-order chi connectivity index (χ1) is 17.7. The van der Waals surface area contributed by atoms with Gasteiger partial charge in [0, 0.05) is 35.8 Å². The van der Waals surface area contributed by atoms with E-state index >= 15 is 0 Å². The molecule has 1 amide bonds. The number of carbonyl (C=O) groups is 1. The monoisotopic (exact) mass is 513 g/mol. The molecule has 7 nitrogen and oxygen atoms in total. The zero-order valence-corrected chi connectivity index (χ0v) is 20.5. The molecule has 0 spiro atoms. The lowest BCUT2D eigenvalue weighted by Gasteiger charge is -2.28. The molecule has 10 heteroatoms. The molecular formula is C27H26F3N3O4. The number of methoxy groups -OCH3 is 2. The number of amides is 1. The van der Waals surface area contributed by atoms with Gasteiger partial charge >= 0.3 is 6.18 Å². The van der Waals surface area contributed by atoms with Crippen molar-refractivity contribution in [2.24, 2.45) is 0 Å². The van der Waals surface area contributed by atoms with Crippen LogP contribution in [0.25, 0.3) is 16.9 Å². The minimum absolute atomic E-state index is 0.157. The van der Waals surface area contributed by atoms with Gasteiger partial charge < -0.3 is 14.4 Å². The number of nitrogens with zero attached hydrogens (tertiary/aromatic N) is 3. The number of hydrogen-bond donors (Lipinski definition) is 0. The van der Waals surface area contributed by atoms with Gasteiger partial charge in [-0.05, 0) is 68.0 Å². The highest BCUT2D eigenvalue weighted by atomic mass is 19.4. The molecule has 194 valence electrons. The van der Waals surface area contributed by atoms with E-state index in [1.165, 1.54) is 31.3 Å². The summed E-state index contributed by atoms with van der Waals surface area (Å²) in [4.78, 5) is 27.5. The average Bonchev–Trinajstić information content (AvgIpc) is 3.39. The fourth-order valence-electron chi connectivity index (χ4n) is 5.10. The maximum Gasteiger partial charge on any atom is 0.418 e. The van der Waals surface area contributed by atoms with E-state index in [4.69, 9.17) is 9.47 Å². The lowest BCUT2D eigenvalue weighted by atomic mass is 10.0. The van der Waals surface area contributed by atoms with Crippen molar-refractivity contribution in [1.82, 2.24) is 9.78 Å². The zero-order valence-electron chi connectivity index (χ0n) is 20.5. The number of alkyl halides is 3. The molecule has 5 rings (SSSR count). The summed E-state index contributed by atoms with van der Waals surface area (Å²) in [6.07, 6.45) is -1.20. The second-order valence-electron chi connectivity index (χ2n) is 9.18. The number of anilines is 1. The largest absolute Gasteiger partial charge is 0.497 e. The first-order valence-corrected chi connectivity index (χ1v) is 12.1. The molecule has 2 aliphatic rings. The van der Waals surface area contributed by atoms with Gasteiger partial charge in [-0.25, -0.2) is 0 Å². The van der Waals surface area contributed by atoms with Crippen LogP contribution in [0.2, 0.25) is 0 Å². The highest BCUT2D eigenvalue weighted by Crippen LogP contribution is 2.38. The van der Waals surface area contributed by atoms with Gasteiger partial charge in [-0.3, -0.25) is 9.59 Å². The van der Waals surface area contributed by atoms with Crippen molar-refractivity contribution < 1.29 is 27.4 Å². The molecule has 0 saturated carbocycles. The van der Waals surface area contributed by atoms with Gasteiger partial charge in [-0.2, -0.15) is 23.0 Å². The number of fused-ring (bicyclic) bond motifs is 1. The van der Waals surface area contributed by atoms with Gasteiger partial charge in [-0.15, -0.1) is 0 Å². The Morgan fingerprint density at radius 3 is 2.22 bits per heavy atom. The Kier molecular flexibility index (Phi) is 6.43. The highest BCUT2D eigenvalue weighted by molar-refractivity contribution is 5.94. The Bertz CT molecular complexity index is 1410. The van der Waals surface area contributed by atoms with Crippen LogP contribution < -0.4 is 19.9 Å². The summed E-state index contributed by atoms with van der Waals surface area (Å²) in [5.74, 6) is 0.819. The Morgan fingerprint density at radius 1 is 0.865 bits per heavy atom. The van der Waals surface area contributed by atoms with Crippen LogP contribution in [0.4, 0.5) is 18.9 Å². The third-order valence-electron chi connectivity index (χ3n) is 6.93. The summed E-state index contributed by atoms with van der Waals surface area (Å²) in [5, 5.41) is 4.50. The van der Waals surface area contributed by atoms with E-state index in [-0.39, 0.29) is 5.91 Å². The predicted molar refractivity (Wildman–Crippen MR) is 132 cm³/mol. The lowest BCUT2D eigenvalue weighted by molar-refractivity contribution is -0.137. The van der Waals surface area contributed by atoms with Crippen LogP contribution >= 0.6 is 0 Å². The molecule has 0 N–H and O–H groups in total. The quantitative estimate of drug-likeness (QED) is 0.483. The molecule has 37 heavy (non-hydrogen) atoms. The smallest absolute Gasteiger partial charge is 0.418 e. The van der Waals surface area contributed by atoms with Crippen molar-refractivity contribution in [3.63, 3.8) is 0 Å². The molecule has 0 unspecified atom stereocenters. The summed E-state index contributed by atoms with van der Waals surface area (Å²) < 4.78 is 54.0. The lowest BCUT2D eigenvalue weighted by Crippen LogP contribution is -2.35. The van der Waals surface area contributed by atoms with Crippen molar-refractivity contribution in [2.75, 3.05) is 25.7 Å². The minimum atomic E-state index is -4.74. The SMILES string of the molecule is COc1cc(OC)cc(-c2nn(-c3cc(N4CCCCC4=O)ccc3C(F)(F)F)c(=O)c3c2CCC3)c1. The van der Waals surface area contributed by atoms with Gasteiger partial charge in [0.05, 0.1) is 31.2 Å². The van der Waals surface area contributed by atoms with Crippen molar-refractivity contribution in [2.45, 2.75) is 44.7 Å². The number of rotatable bonds is 5. The number of hydrogen-bond acceptors (Lipinski definition) is 5. The second kappa shape index (κ2) is 9.57. The van der Waals surface area contributed by atoms with Crippen molar-refractivity contribution in [3.05, 3.63) is 63.4 Å². The summed E-state index contributed by atoms with van der Waals surface area (Å²) in [6, 6.07) is 8.56. The van der Waals surface area contributed by atoms with Crippen LogP contribution in [-0.4, -0.2) is 36.5 Å². The molecule has 3 aromatic rings. The topological polar surface area (TPSA) is 73.7 Å². The van der Waals surface area contributed by atoms with Crippen LogP contribution in [0, 0.1) is 0 Å². The van der Waals surface area contributed by atoms with Crippen molar-refractivity contribution in [3.8, 4) is 28.4 Å². The van der Waals surface area contributed by atoms with Crippen LogP contribution in [-0.2, 0) is 23.8 Å². The van der Waals surface area contributed by atoms with Crippen molar-refractivity contribution >= 4 is 11.6 Å². The number of aromatic nitrogens is 2. The summed E-state index contributed by atoms with van der Waals surface area (Å²) in [5.41, 5.74) is 0.453. The maximum absolute atomic E-state index is 14.2. The molecule has 0 bridgehead atoms. The Balaban J connectivity index is 1.76. The molecule has 1 aromatic heterocycles. The first-order valence-electron chi connectivity index (χ1n) is 12.1. The third kappa shape index (κ3) is 4.56. The van der Waals surface area contributed by atoms with E-state index < -0.39 is 23.0 Å². The van der Waals surface area contributed by atoms with E-state index in [2.05, 4.69) is 5.10 Å². The van der Waals surface area contributed by atoms with Crippen LogP contribution in [0.15, 0.2) is 41.2 Å². The number of piperidine rings is 1. The minimum Gasteiger partial charge on any atom is -0.497 e. The Labute approximate surface area is 211 Å². The molecule has 2 heterocycles. The number of halogens is 3. The molecule has 0 atom stereocenters. The number of carbonyl (C=O) groups excluding carboxylic acids is 1. The molecule has 1 fully saturated rings. The van der Waals surface area contributed by atoms with Gasteiger partial charge in [0.25, 0.3) is 5.56 Å². The first kappa shape index (κ1) is 24.9.